The Kier molecular flexibility index (Phi) is 4.03. The molecule has 0 fully saturated rings. The van der Waals surface area contributed by atoms with Crippen LogP contribution in [0, 0.1) is 0 Å². The number of ketones is 1. The Morgan fingerprint density at radius 1 is 1.27 bits per heavy atom. The summed E-state index contributed by atoms with van der Waals surface area (Å²) in [6, 6.07) is 9.54. The summed E-state index contributed by atoms with van der Waals surface area (Å²) in [6.07, 6.45) is 0. The van der Waals surface area contributed by atoms with E-state index in [2.05, 4.69) is 5.32 Å². The molecule has 1 unspecified atom stereocenters. The summed E-state index contributed by atoms with van der Waals surface area (Å²) >= 11 is 0. The van der Waals surface area contributed by atoms with Crippen molar-refractivity contribution in [1.29, 1.82) is 0 Å². The summed E-state index contributed by atoms with van der Waals surface area (Å²) in [5.74, 6) is -0.321. The molecule has 0 saturated carbocycles. The molecule has 0 heterocycles. The zero-order valence-electron chi connectivity index (χ0n) is 8.99. The highest BCUT2D eigenvalue weighted by molar-refractivity contribution is 5.89. The Morgan fingerprint density at radius 3 is 2.40 bits per heavy atom. The molecule has 0 aliphatic rings. The Hall–Kier alpha value is -1.64. The van der Waals surface area contributed by atoms with E-state index < -0.39 is 0 Å². The average molecular weight is 205 g/mol. The third-order valence-corrected chi connectivity index (χ3v) is 2.29. The van der Waals surface area contributed by atoms with E-state index in [0.29, 0.717) is 0 Å². The van der Waals surface area contributed by atoms with Crippen molar-refractivity contribution >= 4 is 11.7 Å². The second kappa shape index (κ2) is 5.29. The first-order valence-electron chi connectivity index (χ1n) is 4.93. The molecule has 1 atom stereocenters. The van der Waals surface area contributed by atoms with Gasteiger partial charge < -0.3 is 5.32 Å². The summed E-state index contributed by atoms with van der Waals surface area (Å²) < 4.78 is 0. The van der Waals surface area contributed by atoms with E-state index in [4.69, 9.17) is 0 Å². The highest BCUT2D eigenvalue weighted by Crippen LogP contribution is 2.14. The Bertz CT molecular complexity index is 346. The highest BCUT2D eigenvalue weighted by Gasteiger charge is 2.14. The van der Waals surface area contributed by atoms with E-state index in [9.17, 15) is 9.59 Å². The second-order valence-electron chi connectivity index (χ2n) is 3.51. The molecule has 0 aliphatic carbocycles. The van der Waals surface area contributed by atoms with Gasteiger partial charge in [0.25, 0.3) is 0 Å². The quantitative estimate of drug-likeness (QED) is 0.809. The molecular weight excluding hydrogens is 190 g/mol. The molecule has 3 nitrogen and oxygen atoms in total. The Labute approximate surface area is 89.5 Å². The van der Waals surface area contributed by atoms with Crippen LogP contribution in [0.4, 0.5) is 0 Å². The zero-order chi connectivity index (χ0) is 11.3. The predicted molar refractivity (Wildman–Crippen MR) is 58.5 cm³/mol. The first kappa shape index (κ1) is 11.4. The topological polar surface area (TPSA) is 46.2 Å². The molecule has 0 bridgehead atoms. The van der Waals surface area contributed by atoms with E-state index >= 15 is 0 Å². The molecule has 0 aliphatic heterocycles. The van der Waals surface area contributed by atoms with Crippen molar-refractivity contribution in [2.75, 3.05) is 6.54 Å². The van der Waals surface area contributed by atoms with Crippen LogP contribution in [0.3, 0.4) is 0 Å². The van der Waals surface area contributed by atoms with Crippen molar-refractivity contribution in [3.05, 3.63) is 35.9 Å². The van der Waals surface area contributed by atoms with Gasteiger partial charge in [0, 0.05) is 12.8 Å². The molecule has 1 aromatic carbocycles. The maximum Gasteiger partial charge on any atom is 0.217 e. The largest absolute Gasteiger partial charge is 0.349 e. The van der Waals surface area contributed by atoms with Gasteiger partial charge >= 0.3 is 0 Å². The molecule has 0 spiro atoms. The fraction of sp³-hybridized carbons (Fsp3) is 0.333. The molecular formula is C12H15NO2. The van der Waals surface area contributed by atoms with Gasteiger partial charge in [-0.1, -0.05) is 37.3 Å². The average Bonchev–Trinajstić information content (AvgIpc) is 2.26. The van der Waals surface area contributed by atoms with Crippen LogP contribution in [-0.4, -0.2) is 18.2 Å². The molecule has 1 aromatic rings. The number of hydrogen-bond acceptors (Lipinski definition) is 2. The van der Waals surface area contributed by atoms with Crippen LogP contribution in [-0.2, 0) is 9.59 Å². The zero-order valence-corrected chi connectivity index (χ0v) is 8.99. The summed E-state index contributed by atoms with van der Waals surface area (Å²) in [5, 5.41) is 2.51. The van der Waals surface area contributed by atoms with Crippen molar-refractivity contribution in [3.8, 4) is 0 Å². The van der Waals surface area contributed by atoms with Crippen LogP contribution < -0.4 is 5.32 Å². The summed E-state index contributed by atoms with van der Waals surface area (Å²) in [4.78, 5) is 22.3. The van der Waals surface area contributed by atoms with E-state index in [1.54, 1.807) is 0 Å². The number of Topliss-reactive ketones (excluding diaryl/α,β-unsaturated/α-hetero) is 1. The first-order valence-corrected chi connectivity index (χ1v) is 4.93. The van der Waals surface area contributed by atoms with Gasteiger partial charge in [-0.2, -0.15) is 0 Å². The van der Waals surface area contributed by atoms with E-state index in [1.807, 2.05) is 37.3 Å². The lowest BCUT2D eigenvalue weighted by atomic mass is 9.97. The number of nitrogens with one attached hydrogen (secondary N) is 1. The number of benzene rings is 1. The predicted octanol–water partition coefficient (Wildman–Crippen LogP) is 1.50. The van der Waals surface area contributed by atoms with Crippen LogP contribution in [0.2, 0.25) is 0 Å². The Balaban J connectivity index is 2.57. The fourth-order valence-electron chi connectivity index (χ4n) is 1.29. The minimum Gasteiger partial charge on any atom is -0.349 e. The normalized spacial score (nSPS) is 11.9. The smallest absolute Gasteiger partial charge is 0.217 e. The Morgan fingerprint density at radius 2 is 1.87 bits per heavy atom. The molecule has 3 heteroatoms. The van der Waals surface area contributed by atoms with Crippen LogP contribution >= 0.6 is 0 Å². The van der Waals surface area contributed by atoms with Crippen LogP contribution in [0.15, 0.2) is 30.3 Å². The molecule has 1 rings (SSSR count). The van der Waals surface area contributed by atoms with Gasteiger partial charge in [0.2, 0.25) is 5.91 Å². The highest BCUT2D eigenvalue weighted by atomic mass is 16.2. The number of rotatable bonds is 4. The lowest BCUT2D eigenvalue weighted by molar-refractivity contribution is -0.124. The lowest BCUT2D eigenvalue weighted by Crippen LogP contribution is -2.29. The number of carbonyl (C=O) groups excluding carboxylic acids is 2. The van der Waals surface area contributed by atoms with E-state index in [-0.39, 0.29) is 24.2 Å². The standard InChI is InChI=1S/C12H15NO2/c1-9(11-6-4-3-5-7-11)12(15)8-13-10(2)14/h3-7,9H,8H2,1-2H3,(H,13,14). The lowest BCUT2D eigenvalue weighted by Gasteiger charge is -2.10. The third kappa shape index (κ3) is 3.54. The van der Waals surface area contributed by atoms with Crippen molar-refractivity contribution in [2.24, 2.45) is 0 Å². The molecule has 1 N–H and O–H groups in total. The molecule has 15 heavy (non-hydrogen) atoms. The SMILES string of the molecule is CC(=O)NCC(=O)C(C)c1ccccc1. The molecule has 0 radical (unpaired) electrons. The van der Waals surface area contributed by atoms with Crippen LogP contribution in [0.25, 0.3) is 0 Å². The van der Waals surface area contributed by atoms with E-state index in [1.165, 1.54) is 6.92 Å². The molecule has 1 amide bonds. The van der Waals surface area contributed by atoms with Gasteiger partial charge in [-0.25, -0.2) is 0 Å². The second-order valence-corrected chi connectivity index (χ2v) is 3.51. The number of amides is 1. The third-order valence-electron chi connectivity index (χ3n) is 2.29. The van der Waals surface area contributed by atoms with E-state index in [0.717, 1.165) is 5.56 Å². The molecule has 0 saturated heterocycles. The maximum atomic E-state index is 11.6. The minimum absolute atomic E-state index is 0.0244. The van der Waals surface area contributed by atoms with Crippen molar-refractivity contribution < 1.29 is 9.59 Å². The summed E-state index contributed by atoms with van der Waals surface area (Å²) in [6.45, 7) is 3.35. The van der Waals surface area contributed by atoms with Gasteiger partial charge in [-0.05, 0) is 5.56 Å². The van der Waals surface area contributed by atoms with Gasteiger partial charge in [-0.15, -0.1) is 0 Å². The maximum absolute atomic E-state index is 11.6. The fourth-order valence-corrected chi connectivity index (χ4v) is 1.29. The van der Waals surface area contributed by atoms with Crippen LogP contribution in [0.1, 0.15) is 25.3 Å². The van der Waals surface area contributed by atoms with Crippen molar-refractivity contribution in [1.82, 2.24) is 5.32 Å². The van der Waals surface area contributed by atoms with Crippen LogP contribution in [0.5, 0.6) is 0 Å². The minimum atomic E-state index is -0.177. The van der Waals surface area contributed by atoms with Gasteiger partial charge in [0.05, 0.1) is 6.54 Å². The van der Waals surface area contributed by atoms with Gasteiger partial charge in [0.15, 0.2) is 5.78 Å². The summed E-state index contributed by atoms with van der Waals surface area (Å²) in [5.41, 5.74) is 0.979. The number of carbonyl (C=O) groups is 2. The number of hydrogen-bond donors (Lipinski definition) is 1. The van der Waals surface area contributed by atoms with Gasteiger partial charge in [0.1, 0.15) is 0 Å². The van der Waals surface area contributed by atoms with Gasteiger partial charge in [-0.3, -0.25) is 9.59 Å². The van der Waals surface area contributed by atoms with Crippen molar-refractivity contribution in [2.45, 2.75) is 19.8 Å². The molecule has 0 aromatic heterocycles. The molecule has 80 valence electrons. The first-order chi connectivity index (χ1) is 7.11. The summed E-state index contributed by atoms with van der Waals surface area (Å²) in [7, 11) is 0. The van der Waals surface area contributed by atoms with Crippen molar-refractivity contribution in [3.63, 3.8) is 0 Å². The monoisotopic (exact) mass is 205 g/mol.